The van der Waals surface area contributed by atoms with E-state index >= 15 is 0 Å². The summed E-state index contributed by atoms with van der Waals surface area (Å²) in [7, 11) is 4.65. The van der Waals surface area contributed by atoms with Gasteiger partial charge >= 0.3 is 5.97 Å². The molecule has 2 N–H and O–H groups in total. The third kappa shape index (κ3) is 3.07. The summed E-state index contributed by atoms with van der Waals surface area (Å²) < 4.78 is 16.4. The first-order chi connectivity index (χ1) is 12.9. The van der Waals surface area contributed by atoms with E-state index in [0.29, 0.717) is 28.5 Å². The number of methoxy groups -OCH3 is 3. The fraction of sp³-hybridized carbons (Fsp3) is 0.286. The summed E-state index contributed by atoms with van der Waals surface area (Å²) in [5.41, 5.74) is 5.30. The summed E-state index contributed by atoms with van der Waals surface area (Å²) in [6.45, 7) is 4.05. The summed E-state index contributed by atoms with van der Waals surface area (Å²) in [5, 5.41) is 10.4. The summed E-state index contributed by atoms with van der Waals surface area (Å²) >= 11 is 0. The predicted molar refractivity (Wildman–Crippen MR) is 104 cm³/mol. The van der Waals surface area contributed by atoms with Gasteiger partial charge < -0.3 is 24.3 Å². The Kier molecular flexibility index (Phi) is 4.99. The maximum absolute atomic E-state index is 11.5. The van der Waals surface area contributed by atoms with Crippen molar-refractivity contribution in [3.05, 3.63) is 41.0 Å². The van der Waals surface area contributed by atoms with Crippen molar-refractivity contribution in [3.63, 3.8) is 0 Å². The SMILES string of the molecule is COc1ccc(-c2[nH]c3c(C)c(C)ccc3c2CC(=O)O)c(OC)c1OC. The van der Waals surface area contributed by atoms with Gasteiger partial charge in [-0.25, -0.2) is 0 Å². The number of carboxylic acids is 1. The summed E-state index contributed by atoms with van der Waals surface area (Å²) in [5.74, 6) is 0.602. The van der Waals surface area contributed by atoms with Crippen LogP contribution in [0.4, 0.5) is 0 Å². The molecule has 27 heavy (non-hydrogen) atoms. The number of benzene rings is 2. The van der Waals surface area contributed by atoms with Crippen molar-refractivity contribution in [3.8, 4) is 28.5 Å². The lowest BCUT2D eigenvalue weighted by Gasteiger charge is -2.16. The third-order valence-electron chi connectivity index (χ3n) is 4.91. The van der Waals surface area contributed by atoms with Crippen LogP contribution in [0.15, 0.2) is 24.3 Å². The average Bonchev–Trinajstić information content (AvgIpc) is 3.01. The first-order valence-electron chi connectivity index (χ1n) is 8.54. The van der Waals surface area contributed by atoms with Crippen LogP contribution in [0.3, 0.4) is 0 Å². The van der Waals surface area contributed by atoms with E-state index in [1.165, 1.54) is 0 Å². The minimum Gasteiger partial charge on any atom is -0.493 e. The lowest BCUT2D eigenvalue weighted by Crippen LogP contribution is -2.02. The van der Waals surface area contributed by atoms with Crippen molar-refractivity contribution < 1.29 is 24.1 Å². The van der Waals surface area contributed by atoms with Crippen LogP contribution < -0.4 is 14.2 Å². The van der Waals surface area contributed by atoms with Crippen molar-refractivity contribution in [1.29, 1.82) is 0 Å². The smallest absolute Gasteiger partial charge is 0.307 e. The zero-order valence-electron chi connectivity index (χ0n) is 16.1. The number of carbonyl (C=O) groups is 1. The molecule has 1 aromatic heterocycles. The van der Waals surface area contributed by atoms with E-state index in [9.17, 15) is 9.90 Å². The van der Waals surface area contributed by atoms with Crippen LogP contribution in [0.2, 0.25) is 0 Å². The molecule has 0 aliphatic heterocycles. The Morgan fingerprint density at radius 2 is 1.70 bits per heavy atom. The summed E-state index contributed by atoms with van der Waals surface area (Å²) in [4.78, 5) is 15.0. The topological polar surface area (TPSA) is 80.8 Å². The van der Waals surface area contributed by atoms with Gasteiger partial charge in [0.1, 0.15) is 0 Å². The van der Waals surface area contributed by atoms with Gasteiger partial charge in [-0.1, -0.05) is 12.1 Å². The van der Waals surface area contributed by atoms with Crippen molar-refractivity contribution in [1.82, 2.24) is 4.98 Å². The molecule has 0 bridgehead atoms. The van der Waals surface area contributed by atoms with Gasteiger partial charge in [-0.3, -0.25) is 4.79 Å². The number of aryl methyl sites for hydroxylation is 2. The number of aliphatic carboxylic acids is 1. The number of ether oxygens (including phenoxy) is 3. The molecule has 0 saturated heterocycles. The minimum atomic E-state index is -0.894. The second kappa shape index (κ2) is 7.23. The third-order valence-corrected chi connectivity index (χ3v) is 4.91. The molecule has 0 fully saturated rings. The van der Waals surface area contributed by atoms with Crippen molar-refractivity contribution in [2.75, 3.05) is 21.3 Å². The molecule has 0 amide bonds. The van der Waals surface area contributed by atoms with Crippen LogP contribution in [-0.2, 0) is 11.2 Å². The molecule has 0 aliphatic rings. The molecular formula is C21H23NO5. The highest BCUT2D eigenvalue weighted by Gasteiger charge is 2.23. The van der Waals surface area contributed by atoms with E-state index in [1.807, 2.05) is 32.0 Å². The Hall–Kier alpha value is -3.15. The molecule has 0 radical (unpaired) electrons. The molecule has 3 aromatic rings. The van der Waals surface area contributed by atoms with Gasteiger partial charge in [0, 0.05) is 16.5 Å². The lowest BCUT2D eigenvalue weighted by molar-refractivity contribution is -0.136. The lowest BCUT2D eigenvalue weighted by atomic mass is 9.99. The molecule has 0 unspecified atom stereocenters. The number of hydrogen-bond donors (Lipinski definition) is 2. The monoisotopic (exact) mass is 369 g/mol. The predicted octanol–water partition coefficient (Wildman–Crippen LogP) is 4.10. The second-order valence-electron chi connectivity index (χ2n) is 6.36. The fourth-order valence-electron chi connectivity index (χ4n) is 3.43. The molecule has 2 aromatic carbocycles. The van der Waals surface area contributed by atoms with Crippen LogP contribution in [0.25, 0.3) is 22.2 Å². The largest absolute Gasteiger partial charge is 0.493 e. The Morgan fingerprint density at radius 1 is 1.00 bits per heavy atom. The van der Waals surface area contributed by atoms with E-state index < -0.39 is 5.97 Å². The standard InChI is InChI=1S/C21H23NO5/c1-11-6-7-13-15(10-17(23)24)19(22-18(13)12(11)2)14-8-9-16(25-3)21(27-5)20(14)26-4/h6-9,22H,10H2,1-5H3,(H,23,24). The van der Waals surface area contributed by atoms with E-state index in [-0.39, 0.29) is 6.42 Å². The van der Waals surface area contributed by atoms with Gasteiger partial charge in [0.15, 0.2) is 11.5 Å². The minimum absolute atomic E-state index is 0.102. The molecule has 6 heteroatoms. The fourth-order valence-corrected chi connectivity index (χ4v) is 3.43. The highest BCUT2D eigenvalue weighted by molar-refractivity contribution is 5.97. The molecule has 6 nitrogen and oxygen atoms in total. The van der Waals surface area contributed by atoms with Crippen LogP contribution in [0.1, 0.15) is 16.7 Å². The molecular weight excluding hydrogens is 346 g/mol. The quantitative estimate of drug-likeness (QED) is 0.684. The van der Waals surface area contributed by atoms with Crippen LogP contribution in [0.5, 0.6) is 17.2 Å². The van der Waals surface area contributed by atoms with E-state index in [4.69, 9.17) is 14.2 Å². The Labute approximate surface area is 157 Å². The Morgan fingerprint density at radius 3 is 2.30 bits per heavy atom. The van der Waals surface area contributed by atoms with Gasteiger partial charge in [0.2, 0.25) is 5.75 Å². The molecule has 1 heterocycles. The highest BCUT2D eigenvalue weighted by atomic mass is 16.5. The number of aromatic amines is 1. The molecule has 0 atom stereocenters. The van der Waals surface area contributed by atoms with E-state index in [1.54, 1.807) is 27.4 Å². The van der Waals surface area contributed by atoms with Crippen LogP contribution in [0, 0.1) is 13.8 Å². The first kappa shape index (κ1) is 18.6. The van der Waals surface area contributed by atoms with Gasteiger partial charge in [-0.05, 0) is 42.7 Å². The van der Waals surface area contributed by atoms with Crippen molar-refractivity contribution in [2.24, 2.45) is 0 Å². The van der Waals surface area contributed by atoms with Gasteiger partial charge in [0.05, 0.1) is 33.4 Å². The number of aromatic nitrogens is 1. The zero-order valence-corrected chi connectivity index (χ0v) is 16.1. The Balaban J connectivity index is 2.37. The molecule has 0 aliphatic carbocycles. The first-order valence-corrected chi connectivity index (χ1v) is 8.54. The highest BCUT2D eigenvalue weighted by Crippen LogP contribution is 2.46. The molecule has 0 saturated carbocycles. The number of hydrogen-bond acceptors (Lipinski definition) is 4. The molecule has 3 rings (SSSR count). The maximum Gasteiger partial charge on any atom is 0.307 e. The van der Waals surface area contributed by atoms with Gasteiger partial charge in [-0.2, -0.15) is 0 Å². The number of rotatable bonds is 6. The normalized spacial score (nSPS) is 10.9. The summed E-state index contributed by atoms with van der Waals surface area (Å²) in [6, 6.07) is 7.60. The second-order valence-corrected chi connectivity index (χ2v) is 6.36. The molecule has 142 valence electrons. The number of carboxylic acid groups (broad SMARTS) is 1. The number of nitrogens with one attached hydrogen (secondary N) is 1. The van der Waals surface area contributed by atoms with E-state index in [0.717, 1.165) is 27.6 Å². The maximum atomic E-state index is 11.5. The zero-order chi connectivity index (χ0) is 19.7. The van der Waals surface area contributed by atoms with Gasteiger partial charge in [0.25, 0.3) is 0 Å². The van der Waals surface area contributed by atoms with Crippen molar-refractivity contribution >= 4 is 16.9 Å². The van der Waals surface area contributed by atoms with Crippen LogP contribution in [-0.4, -0.2) is 37.4 Å². The van der Waals surface area contributed by atoms with Crippen LogP contribution >= 0.6 is 0 Å². The number of fused-ring (bicyclic) bond motifs is 1. The van der Waals surface area contributed by atoms with Crippen molar-refractivity contribution in [2.45, 2.75) is 20.3 Å². The van der Waals surface area contributed by atoms with E-state index in [2.05, 4.69) is 4.98 Å². The summed E-state index contributed by atoms with van der Waals surface area (Å²) in [6.07, 6.45) is -0.102. The average molecular weight is 369 g/mol. The number of H-pyrrole nitrogens is 1. The molecule has 0 spiro atoms. The Bertz CT molecular complexity index is 1020. The van der Waals surface area contributed by atoms with Gasteiger partial charge in [-0.15, -0.1) is 0 Å².